The molecule has 1 unspecified atom stereocenters. The largest absolute Gasteiger partial charge is 0.327 e. The van der Waals surface area contributed by atoms with Gasteiger partial charge in [0, 0.05) is 11.8 Å². The minimum Gasteiger partial charge on any atom is -0.327 e. The molecule has 0 heterocycles. The minimum absolute atomic E-state index is 0.183. The molecule has 0 aromatic heterocycles. The first-order chi connectivity index (χ1) is 6.63. The third-order valence-electron chi connectivity index (χ3n) is 1.86. The van der Waals surface area contributed by atoms with Gasteiger partial charge in [-0.2, -0.15) is 11.8 Å². The van der Waals surface area contributed by atoms with E-state index in [1.807, 2.05) is 18.2 Å². The molecule has 0 bridgehead atoms. The van der Waals surface area contributed by atoms with Crippen molar-refractivity contribution >= 4 is 35.0 Å². The molecule has 0 saturated carbocycles. The van der Waals surface area contributed by atoms with Crippen LogP contribution in [0.15, 0.2) is 18.2 Å². The van der Waals surface area contributed by atoms with Crippen LogP contribution in [0.1, 0.15) is 5.56 Å². The Morgan fingerprint density at radius 2 is 2.07 bits per heavy atom. The van der Waals surface area contributed by atoms with Crippen LogP contribution < -0.4 is 5.73 Å². The van der Waals surface area contributed by atoms with Crippen molar-refractivity contribution in [2.45, 2.75) is 12.5 Å². The van der Waals surface area contributed by atoms with Gasteiger partial charge in [0.1, 0.15) is 0 Å². The smallest absolute Gasteiger partial charge is 0.0595 e. The van der Waals surface area contributed by atoms with Crippen molar-refractivity contribution < 1.29 is 0 Å². The normalized spacial score (nSPS) is 12.9. The number of rotatable bonds is 4. The zero-order chi connectivity index (χ0) is 10.6. The molecule has 4 heteroatoms. The van der Waals surface area contributed by atoms with Gasteiger partial charge in [-0.15, -0.1) is 0 Å². The molecule has 78 valence electrons. The average molecular weight is 250 g/mol. The molecule has 1 nitrogen and oxygen atoms in total. The molecule has 0 aliphatic heterocycles. The first-order valence-corrected chi connectivity index (χ1v) is 6.47. The van der Waals surface area contributed by atoms with Gasteiger partial charge in [-0.3, -0.25) is 0 Å². The van der Waals surface area contributed by atoms with Crippen molar-refractivity contribution in [3.63, 3.8) is 0 Å². The summed E-state index contributed by atoms with van der Waals surface area (Å²) in [7, 11) is 0. The molecule has 2 N–H and O–H groups in total. The molecular weight excluding hydrogens is 237 g/mol. The van der Waals surface area contributed by atoms with E-state index in [9.17, 15) is 0 Å². The Morgan fingerprint density at radius 1 is 1.36 bits per heavy atom. The summed E-state index contributed by atoms with van der Waals surface area (Å²) in [6.07, 6.45) is 2.90. The Labute approximate surface area is 99.0 Å². The van der Waals surface area contributed by atoms with Crippen LogP contribution in [0.25, 0.3) is 0 Å². The fourth-order valence-corrected chi connectivity index (χ4v) is 2.11. The van der Waals surface area contributed by atoms with E-state index in [2.05, 4.69) is 6.26 Å². The lowest BCUT2D eigenvalue weighted by molar-refractivity contribution is 0.749. The van der Waals surface area contributed by atoms with E-state index in [0.29, 0.717) is 10.0 Å². The zero-order valence-corrected chi connectivity index (χ0v) is 10.3. The van der Waals surface area contributed by atoms with Crippen molar-refractivity contribution in [2.24, 2.45) is 5.73 Å². The van der Waals surface area contributed by atoms with Crippen LogP contribution in [0.2, 0.25) is 10.0 Å². The van der Waals surface area contributed by atoms with Crippen molar-refractivity contribution in [1.29, 1.82) is 0 Å². The number of hydrogen-bond acceptors (Lipinski definition) is 2. The second-order valence-corrected chi connectivity index (χ2v) is 4.89. The highest BCUT2D eigenvalue weighted by Crippen LogP contribution is 2.23. The molecule has 0 fully saturated rings. The SMILES string of the molecule is CSCC(N)Cc1ccc(Cl)c(Cl)c1. The quantitative estimate of drug-likeness (QED) is 0.887. The van der Waals surface area contributed by atoms with E-state index in [1.165, 1.54) is 0 Å². The van der Waals surface area contributed by atoms with E-state index in [4.69, 9.17) is 28.9 Å². The monoisotopic (exact) mass is 249 g/mol. The van der Waals surface area contributed by atoms with Crippen LogP contribution in [0, 0.1) is 0 Å². The Hall–Kier alpha value is 0.110. The summed E-state index contributed by atoms with van der Waals surface area (Å²) in [5.74, 6) is 0.959. The first-order valence-electron chi connectivity index (χ1n) is 4.32. The zero-order valence-electron chi connectivity index (χ0n) is 7.97. The minimum atomic E-state index is 0.183. The summed E-state index contributed by atoms with van der Waals surface area (Å²) in [6, 6.07) is 5.84. The Kier molecular flexibility index (Phi) is 5.10. The maximum absolute atomic E-state index is 5.91. The van der Waals surface area contributed by atoms with Gasteiger partial charge in [0.25, 0.3) is 0 Å². The first kappa shape index (κ1) is 12.2. The fraction of sp³-hybridized carbons (Fsp3) is 0.400. The summed E-state index contributed by atoms with van der Waals surface area (Å²) in [6.45, 7) is 0. The molecular formula is C10H13Cl2NS. The van der Waals surface area contributed by atoms with Gasteiger partial charge in [-0.25, -0.2) is 0 Å². The highest BCUT2D eigenvalue weighted by atomic mass is 35.5. The summed E-state index contributed by atoms with van der Waals surface area (Å²) >= 11 is 13.5. The predicted octanol–water partition coefficient (Wildman–Crippen LogP) is 3.23. The molecule has 1 atom stereocenters. The molecule has 0 aliphatic rings. The van der Waals surface area contributed by atoms with Crippen LogP contribution in [0.5, 0.6) is 0 Å². The van der Waals surface area contributed by atoms with Gasteiger partial charge in [-0.05, 0) is 30.4 Å². The molecule has 1 rings (SSSR count). The van der Waals surface area contributed by atoms with Gasteiger partial charge < -0.3 is 5.73 Å². The molecule has 14 heavy (non-hydrogen) atoms. The molecule has 0 saturated heterocycles. The van der Waals surface area contributed by atoms with E-state index >= 15 is 0 Å². The highest BCUT2D eigenvalue weighted by molar-refractivity contribution is 7.98. The standard InChI is InChI=1S/C10H13Cl2NS/c1-14-6-8(13)4-7-2-3-9(11)10(12)5-7/h2-3,5,8H,4,6,13H2,1H3. The number of benzene rings is 1. The van der Waals surface area contributed by atoms with Crippen LogP contribution >= 0.6 is 35.0 Å². The summed E-state index contributed by atoms with van der Waals surface area (Å²) in [5, 5.41) is 1.19. The van der Waals surface area contributed by atoms with E-state index in [1.54, 1.807) is 11.8 Å². The average Bonchev–Trinajstić information content (AvgIpc) is 2.12. The van der Waals surface area contributed by atoms with Crippen LogP contribution in [-0.4, -0.2) is 18.1 Å². The second kappa shape index (κ2) is 5.86. The van der Waals surface area contributed by atoms with Crippen LogP contribution in [0.4, 0.5) is 0 Å². The lowest BCUT2D eigenvalue weighted by Crippen LogP contribution is -2.25. The summed E-state index contributed by atoms with van der Waals surface area (Å²) in [4.78, 5) is 0. The van der Waals surface area contributed by atoms with Gasteiger partial charge in [0.05, 0.1) is 10.0 Å². The highest BCUT2D eigenvalue weighted by Gasteiger charge is 2.05. The second-order valence-electron chi connectivity index (χ2n) is 3.17. The molecule has 0 radical (unpaired) electrons. The number of hydrogen-bond donors (Lipinski definition) is 1. The van der Waals surface area contributed by atoms with Gasteiger partial charge in [0.2, 0.25) is 0 Å². The molecule has 1 aromatic rings. The fourth-order valence-electron chi connectivity index (χ4n) is 1.24. The lowest BCUT2D eigenvalue weighted by Gasteiger charge is -2.10. The number of halogens is 2. The van der Waals surface area contributed by atoms with Crippen molar-refractivity contribution in [3.8, 4) is 0 Å². The van der Waals surface area contributed by atoms with E-state index in [0.717, 1.165) is 17.7 Å². The number of nitrogens with two attached hydrogens (primary N) is 1. The molecule has 0 amide bonds. The maximum Gasteiger partial charge on any atom is 0.0595 e. The third-order valence-corrected chi connectivity index (χ3v) is 3.36. The Bertz CT molecular complexity index is 304. The van der Waals surface area contributed by atoms with Crippen molar-refractivity contribution in [1.82, 2.24) is 0 Å². The van der Waals surface area contributed by atoms with Crippen molar-refractivity contribution in [3.05, 3.63) is 33.8 Å². The summed E-state index contributed by atoms with van der Waals surface area (Å²) < 4.78 is 0. The lowest BCUT2D eigenvalue weighted by atomic mass is 10.1. The topological polar surface area (TPSA) is 26.0 Å². The summed E-state index contributed by atoms with van der Waals surface area (Å²) in [5.41, 5.74) is 7.05. The van der Waals surface area contributed by atoms with Gasteiger partial charge >= 0.3 is 0 Å². The van der Waals surface area contributed by atoms with Crippen molar-refractivity contribution in [2.75, 3.05) is 12.0 Å². The molecule has 0 spiro atoms. The maximum atomic E-state index is 5.91. The Morgan fingerprint density at radius 3 is 2.64 bits per heavy atom. The van der Waals surface area contributed by atoms with Crippen LogP contribution in [-0.2, 0) is 6.42 Å². The number of thioether (sulfide) groups is 1. The van der Waals surface area contributed by atoms with Crippen LogP contribution in [0.3, 0.4) is 0 Å². The Balaban J connectivity index is 2.63. The third kappa shape index (κ3) is 3.70. The molecule has 0 aliphatic carbocycles. The van der Waals surface area contributed by atoms with Gasteiger partial charge in [-0.1, -0.05) is 29.3 Å². The van der Waals surface area contributed by atoms with E-state index in [-0.39, 0.29) is 6.04 Å². The molecule has 1 aromatic carbocycles. The van der Waals surface area contributed by atoms with E-state index < -0.39 is 0 Å². The predicted molar refractivity (Wildman–Crippen MR) is 66.5 cm³/mol. The van der Waals surface area contributed by atoms with Gasteiger partial charge in [0.15, 0.2) is 0 Å².